The first kappa shape index (κ1) is 21.2. The van der Waals surface area contributed by atoms with Gasteiger partial charge in [-0.15, -0.1) is 0 Å². The van der Waals surface area contributed by atoms with Gasteiger partial charge in [0.2, 0.25) is 15.9 Å². The summed E-state index contributed by atoms with van der Waals surface area (Å²) in [7, 11) is -3.56. The molecule has 1 aromatic carbocycles. The highest BCUT2D eigenvalue weighted by Gasteiger charge is 2.24. The van der Waals surface area contributed by atoms with Crippen molar-refractivity contribution in [1.29, 1.82) is 0 Å². The van der Waals surface area contributed by atoms with Crippen LogP contribution >= 0.6 is 11.8 Å². The molecule has 1 aromatic rings. The van der Waals surface area contributed by atoms with Gasteiger partial charge < -0.3 is 10.6 Å². The largest absolute Gasteiger partial charge is 0.326 e. The second-order valence-electron chi connectivity index (χ2n) is 6.48. The topological polar surface area (TPSA) is 78.5 Å². The van der Waals surface area contributed by atoms with Crippen LogP contribution < -0.4 is 10.6 Å². The van der Waals surface area contributed by atoms with Gasteiger partial charge in [-0.3, -0.25) is 4.79 Å². The van der Waals surface area contributed by atoms with E-state index in [0.29, 0.717) is 25.2 Å². The third-order valence-corrected chi connectivity index (χ3v) is 7.85. The molecule has 1 heterocycles. The van der Waals surface area contributed by atoms with Gasteiger partial charge in [0.05, 0.1) is 4.90 Å². The van der Waals surface area contributed by atoms with E-state index in [0.717, 1.165) is 29.2 Å². The van der Waals surface area contributed by atoms with Crippen LogP contribution in [0.5, 0.6) is 0 Å². The number of carbonyl (C=O) groups excluding carboxylic acids is 1. The van der Waals surface area contributed by atoms with Gasteiger partial charge >= 0.3 is 0 Å². The number of anilines is 1. The lowest BCUT2D eigenvalue weighted by Crippen LogP contribution is -2.40. The van der Waals surface area contributed by atoms with Crippen molar-refractivity contribution in [2.45, 2.75) is 45.1 Å². The van der Waals surface area contributed by atoms with Crippen LogP contribution in [0, 0.1) is 13.8 Å². The number of nitrogens with one attached hydrogen (secondary N) is 2. The molecule has 0 saturated carbocycles. The normalized spacial score (nSPS) is 18.1. The lowest BCUT2D eigenvalue weighted by molar-refractivity contribution is -0.116. The third-order valence-electron chi connectivity index (χ3n) is 4.69. The Hall–Kier alpha value is -1.09. The molecule has 0 spiro atoms. The highest BCUT2D eigenvalue weighted by atomic mass is 32.2. The molecule has 0 bridgehead atoms. The van der Waals surface area contributed by atoms with Crippen LogP contribution in [-0.4, -0.2) is 55.8 Å². The Kier molecular flexibility index (Phi) is 7.52. The van der Waals surface area contributed by atoms with E-state index >= 15 is 0 Å². The molecule has 1 unspecified atom stereocenters. The van der Waals surface area contributed by atoms with E-state index in [9.17, 15) is 13.2 Å². The number of sulfonamides is 1. The molecular weight excluding hydrogens is 370 g/mol. The number of carbonyl (C=O) groups is 1. The zero-order chi connectivity index (χ0) is 19.3. The molecule has 1 aliphatic rings. The molecule has 2 N–H and O–H groups in total. The molecule has 1 amide bonds. The minimum Gasteiger partial charge on any atom is -0.326 e. The zero-order valence-electron chi connectivity index (χ0n) is 16.0. The van der Waals surface area contributed by atoms with Gasteiger partial charge in [-0.25, -0.2) is 8.42 Å². The van der Waals surface area contributed by atoms with Crippen molar-refractivity contribution in [3.8, 4) is 0 Å². The highest BCUT2D eigenvalue weighted by Crippen LogP contribution is 2.26. The predicted molar refractivity (Wildman–Crippen MR) is 108 cm³/mol. The summed E-state index contributed by atoms with van der Waals surface area (Å²) in [5, 5.41) is 6.26. The SMILES string of the molecule is CCN(CC)S(=O)(=O)c1cc(C)c(C)c(NC(=O)CC2CSCCN2)c1. The van der Waals surface area contributed by atoms with E-state index in [1.54, 1.807) is 12.1 Å². The number of nitrogens with zero attached hydrogens (tertiary/aromatic N) is 1. The Morgan fingerprint density at radius 3 is 2.58 bits per heavy atom. The van der Waals surface area contributed by atoms with Crippen molar-refractivity contribution >= 4 is 33.4 Å². The van der Waals surface area contributed by atoms with Crippen molar-refractivity contribution in [1.82, 2.24) is 9.62 Å². The first-order valence-electron chi connectivity index (χ1n) is 9.02. The van der Waals surface area contributed by atoms with E-state index in [1.807, 2.05) is 39.5 Å². The molecule has 0 aromatic heterocycles. The van der Waals surface area contributed by atoms with Crippen LogP contribution in [0.15, 0.2) is 17.0 Å². The van der Waals surface area contributed by atoms with Gasteiger partial charge in [-0.1, -0.05) is 13.8 Å². The maximum absolute atomic E-state index is 12.8. The number of aryl methyl sites for hydroxylation is 1. The fraction of sp³-hybridized carbons (Fsp3) is 0.611. The Bertz CT molecular complexity index is 740. The number of thioether (sulfide) groups is 1. The van der Waals surface area contributed by atoms with Gasteiger partial charge in [0.25, 0.3) is 0 Å². The number of hydrogen-bond acceptors (Lipinski definition) is 5. The summed E-state index contributed by atoms with van der Waals surface area (Å²) in [5.74, 6) is 1.90. The predicted octanol–water partition coefficient (Wildman–Crippen LogP) is 2.37. The van der Waals surface area contributed by atoms with E-state index < -0.39 is 10.0 Å². The van der Waals surface area contributed by atoms with Crippen LogP contribution in [-0.2, 0) is 14.8 Å². The summed E-state index contributed by atoms with van der Waals surface area (Å²) in [4.78, 5) is 12.7. The second kappa shape index (κ2) is 9.21. The zero-order valence-corrected chi connectivity index (χ0v) is 17.6. The van der Waals surface area contributed by atoms with Crippen LogP contribution in [0.1, 0.15) is 31.4 Å². The average molecular weight is 400 g/mol. The molecule has 0 aliphatic carbocycles. The summed E-state index contributed by atoms with van der Waals surface area (Å²) in [6, 6.07) is 3.42. The van der Waals surface area contributed by atoms with Crippen molar-refractivity contribution in [2.24, 2.45) is 0 Å². The molecule has 1 aliphatic heterocycles. The molecule has 146 valence electrons. The van der Waals surface area contributed by atoms with Gasteiger partial charge in [-0.2, -0.15) is 16.1 Å². The summed E-state index contributed by atoms with van der Waals surface area (Å²) in [6.07, 6.45) is 0.387. The number of hydrogen-bond donors (Lipinski definition) is 2. The maximum Gasteiger partial charge on any atom is 0.243 e. The minimum absolute atomic E-state index is 0.0927. The fourth-order valence-electron chi connectivity index (χ4n) is 2.99. The van der Waals surface area contributed by atoms with E-state index in [-0.39, 0.29) is 16.8 Å². The van der Waals surface area contributed by atoms with Crippen LogP contribution in [0.2, 0.25) is 0 Å². The Morgan fingerprint density at radius 2 is 2.00 bits per heavy atom. The van der Waals surface area contributed by atoms with Crippen molar-refractivity contribution < 1.29 is 13.2 Å². The first-order valence-corrected chi connectivity index (χ1v) is 11.6. The summed E-state index contributed by atoms with van der Waals surface area (Å²) in [6.45, 7) is 9.15. The van der Waals surface area contributed by atoms with Crippen LogP contribution in [0.4, 0.5) is 5.69 Å². The molecule has 6 nitrogen and oxygen atoms in total. The fourth-order valence-corrected chi connectivity index (χ4v) is 5.51. The molecule has 1 atom stereocenters. The molecule has 1 saturated heterocycles. The smallest absolute Gasteiger partial charge is 0.243 e. The van der Waals surface area contributed by atoms with Crippen molar-refractivity contribution in [3.05, 3.63) is 23.3 Å². The lowest BCUT2D eigenvalue weighted by atomic mass is 10.1. The summed E-state index contributed by atoms with van der Waals surface area (Å²) >= 11 is 1.84. The van der Waals surface area contributed by atoms with Gasteiger partial charge in [0, 0.05) is 49.3 Å². The number of amides is 1. The standard InChI is InChI=1S/C18H29N3O3S2/c1-5-21(6-2)26(23,24)16-9-13(3)14(4)17(11-16)20-18(22)10-15-12-25-8-7-19-15/h9,11,15,19H,5-8,10,12H2,1-4H3,(H,20,22). The first-order chi connectivity index (χ1) is 12.3. The van der Waals surface area contributed by atoms with Crippen LogP contribution in [0.25, 0.3) is 0 Å². The quantitative estimate of drug-likeness (QED) is 0.736. The van der Waals surface area contributed by atoms with E-state index in [1.165, 1.54) is 4.31 Å². The third kappa shape index (κ3) is 5.00. The maximum atomic E-state index is 12.8. The monoisotopic (exact) mass is 399 g/mol. The van der Waals surface area contributed by atoms with Gasteiger partial charge in [0.15, 0.2) is 0 Å². The summed E-state index contributed by atoms with van der Waals surface area (Å²) < 4.78 is 27.0. The molecular formula is C18H29N3O3S2. The van der Waals surface area contributed by atoms with Crippen LogP contribution in [0.3, 0.4) is 0 Å². The second-order valence-corrected chi connectivity index (χ2v) is 9.57. The lowest BCUT2D eigenvalue weighted by Gasteiger charge is -2.23. The van der Waals surface area contributed by atoms with Gasteiger partial charge in [0.1, 0.15) is 0 Å². The molecule has 26 heavy (non-hydrogen) atoms. The van der Waals surface area contributed by atoms with Gasteiger partial charge in [-0.05, 0) is 37.1 Å². The van der Waals surface area contributed by atoms with Crippen molar-refractivity contribution in [3.63, 3.8) is 0 Å². The molecule has 2 rings (SSSR count). The highest BCUT2D eigenvalue weighted by molar-refractivity contribution is 7.99. The molecule has 1 fully saturated rings. The molecule has 0 radical (unpaired) electrons. The van der Waals surface area contributed by atoms with Crippen molar-refractivity contribution in [2.75, 3.05) is 36.5 Å². The van der Waals surface area contributed by atoms with E-state index in [4.69, 9.17) is 0 Å². The molecule has 8 heteroatoms. The number of benzene rings is 1. The Labute approximate surface area is 161 Å². The Balaban J connectivity index is 2.23. The Morgan fingerprint density at radius 1 is 1.31 bits per heavy atom. The number of rotatable bonds is 7. The average Bonchev–Trinajstić information content (AvgIpc) is 2.60. The summed E-state index contributed by atoms with van der Waals surface area (Å²) in [5.41, 5.74) is 2.31. The van der Waals surface area contributed by atoms with E-state index in [2.05, 4.69) is 10.6 Å². The minimum atomic E-state index is -3.56.